The number of fused-ring (bicyclic) bond motifs is 2. The second-order valence-electron chi connectivity index (χ2n) is 20.5. The first-order valence-electron chi connectivity index (χ1n) is 24.9. The zero-order valence-corrected chi connectivity index (χ0v) is 36.5. The zero-order chi connectivity index (χ0) is 40.5. The van der Waals surface area contributed by atoms with Crippen LogP contribution in [0.15, 0.2) is 36.4 Å². The molecular formula is C52H72N2O6. The van der Waals surface area contributed by atoms with Crippen molar-refractivity contribution in [3.8, 4) is 11.5 Å². The maximum absolute atomic E-state index is 13.0. The number of carbonyl (C=O) groups is 2. The SMILES string of the molecule is O=C(CCCCCCCCC(=O)Oc1ccc2c(c1)[C@@]13CCCC[C@H]1[C@H](C2)N(C[C@@H]1CCCO1)CC3)Oc1ccc2c(c1)[C@@]13CCCC[C@H]1[C@H](C2)N(C[C@@H]1CCCO1)CC3. The van der Waals surface area contributed by atoms with Gasteiger partial charge in [0.05, 0.1) is 12.2 Å². The van der Waals surface area contributed by atoms with E-state index >= 15 is 0 Å². The quantitative estimate of drug-likeness (QED) is 0.1000. The van der Waals surface area contributed by atoms with Crippen molar-refractivity contribution < 1.29 is 28.5 Å². The fourth-order valence-electron chi connectivity index (χ4n) is 14.4. The highest BCUT2D eigenvalue weighted by Crippen LogP contribution is 2.58. The fraction of sp³-hybridized carbons (Fsp3) is 0.731. The van der Waals surface area contributed by atoms with Crippen molar-refractivity contribution in [2.24, 2.45) is 11.8 Å². The van der Waals surface area contributed by atoms with E-state index in [1.807, 2.05) is 12.1 Å². The number of ether oxygens (including phenoxy) is 4. The number of rotatable bonds is 15. The molecule has 0 amide bonds. The Morgan fingerprint density at radius 3 is 1.48 bits per heavy atom. The standard InChI is InChI=1S/C52H72N2O6/c55-49(59-39-21-19-37-31-47-43-15-7-9-23-51(43,45(37)33-39)25-27-53(47)35-41-13-11-29-57-41)17-5-3-1-2-4-6-18-50(56)60-40-22-20-38-32-48-44-16-8-10-24-52(44,46(38)34-40)26-28-54(48)36-42-14-12-30-58-42/h19-22,33-34,41-44,47-48H,1-18,23-32,35-36H2/t41-,42-,43-,44-,47-,48-,51+,52+/m0/s1. The van der Waals surface area contributed by atoms with Gasteiger partial charge in [-0.1, -0.05) is 63.5 Å². The first-order valence-corrected chi connectivity index (χ1v) is 24.9. The van der Waals surface area contributed by atoms with Crippen molar-refractivity contribution in [2.45, 2.75) is 189 Å². The zero-order valence-electron chi connectivity index (χ0n) is 36.5. The van der Waals surface area contributed by atoms with Crippen molar-refractivity contribution in [3.05, 3.63) is 58.7 Å². The number of esters is 2. The van der Waals surface area contributed by atoms with Gasteiger partial charge in [-0.25, -0.2) is 0 Å². The third-order valence-corrected chi connectivity index (χ3v) is 17.2. The van der Waals surface area contributed by atoms with Crippen molar-refractivity contribution in [2.75, 3.05) is 39.4 Å². The van der Waals surface area contributed by atoms with Gasteiger partial charge in [0.2, 0.25) is 0 Å². The number of likely N-dealkylation sites (tertiary alicyclic amines) is 2. The summed E-state index contributed by atoms with van der Waals surface area (Å²) < 4.78 is 24.1. The van der Waals surface area contributed by atoms with Crippen LogP contribution < -0.4 is 9.47 Å². The highest BCUT2D eigenvalue weighted by molar-refractivity contribution is 5.73. The van der Waals surface area contributed by atoms with Gasteiger partial charge in [-0.15, -0.1) is 0 Å². The molecule has 8 nitrogen and oxygen atoms in total. The molecule has 10 rings (SSSR count). The molecule has 8 aliphatic rings. The molecule has 0 radical (unpaired) electrons. The van der Waals surface area contributed by atoms with Crippen molar-refractivity contribution in [3.63, 3.8) is 0 Å². The molecule has 4 heterocycles. The van der Waals surface area contributed by atoms with Crippen LogP contribution in [0.3, 0.4) is 0 Å². The van der Waals surface area contributed by atoms with Gasteiger partial charge in [0.25, 0.3) is 0 Å². The highest BCUT2D eigenvalue weighted by Gasteiger charge is 2.55. The molecule has 0 N–H and O–H groups in total. The molecule has 2 aromatic rings. The molecule has 4 aliphatic heterocycles. The van der Waals surface area contributed by atoms with Crippen LogP contribution in [0.1, 0.15) is 164 Å². The topological polar surface area (TPSA) is 77.5 Å². The molecule has 6 fully saturated rings. The lowest BCUT2D eigenvalue weighted by Gasteiger charge is -2.59. The number of unbranched alkanes of at least 4 members (excludes halogenated alkanes) is 5. The van der Waals surface area contributed by atoms with Gasteiger partial charge in [-0.2, -0.15) is 0 Å². The first kappa shape index (κ1) is 41.2. The van der Waals surface area contributed by atoms with Crippen LogP contribution >= 0.6 is 0 Å². The Labute approximate surface area is 359 Å². The van der Waals surface area contributed by atoms with Gasteiger partial charge in [0.1, 0.15) is 11.5 Å². The average molecular weight is 821 g/mol. The van der Waals surface area contributed by atoms with Crippen LogP contribution in [-0.2, 0) is 42.7 Å². The lowest BCUT2D eigenvalue weighted by molar-refractivity contribution is -0.135. The summed E-state index contributed by atoms with van der Waals surface area (Å²) >= 11 is 0. The molecule has 326 valence electrons. The first-order chi connectivity index (χ1) is 29.5. The number of hydrogen-bond donors (Lipinski definition) is 0. The van der Waals surface area contributed by atoms with Crippen LogP contribution in [0.25, 0.3) is 0 Å². The van der Waals surface area contributed by atoms with E-state index in [0.717, 1.165) is 102 Å². The molecule has 4 saturated heterocycles. The molecular weight excluding hydrogens is 749 g/mol. The van der Waals surface area contributed by atoms with Crippen LogP contribution in [0, 0.1) is 11.8 Å². The Morgan fingerprint density at radius 1 is 0.567 bits per heavy atom. The molecule has 8 heteroatoms. The van der Waals surface area contributed by atoms with E-state index in [2.05, 4.69) is 34.1 Å². The molecule has 2 saturated carbocycles. The summed E-state index contributed by atoms with van der Waals surface area (Å²) in [4.78, 5) is 31.6. The monoisotopic (exact) mass is 821 g/mol. The lowest BCUT2D eigenvalue weighted by atomic mass is 9.52. The Hall–Kier alpha value is -2.78. The third kappa shape index (κ3) is 8.26. The van der Waals surface area contributed by atoms with Crippen LogP contribution in [-0.4, -0.2) is 85.4 Å². The van der Waals surface area contributed by atoms with Crippen molar-refractivity contribution >= 4 is 11.9 Å². The van der Waals surface area contributed by atoms with E-state index in [0.29, 0.717) is 49.0 Å². The maximum atomic E-state index is 13.0. The minimum absolute atomic E-state index is 0.115. The van der Waals surface area contributed by atoms with Gasteiger partial charge in [0, 0.05) is 62.1 Å². The van der Waals surface area contributed by atoms with E-state index in [9.17, 15) is 9.59 Å². The molecule has 0 unspecified atom stereocenters. The van der Waals surface area contributed by atoms with E-state index in [4.69, 9.17) is 18.9 Å². The van der Waals surface area contributed by atoms with Crippen molar-refractivity contribution in [1.82, 2.24) is 9.80 Å². The van der Waals surface area contributed by atoms with Gasteiger partial charge >= 0.3 is 11.9 Å². The maximum Gasteiger partial charge on any atom is 0.311 e. The Morgan fingerprint density at radius 2 is 1.03 bits per heavy atom. The van der Waals surface area contributed by atoms with Crippen LogP contribution in [0.2, 0.25) is 0 Å². The summed E-state index contributed by atoms with van der Waals surface area (Å²) in [5, 5.41) is 0. The minimum atomic E-state index is -0.115. The summed E-state index contributed by atoms with van der Waals surface area (Å²) in [6, 6.07) is 14.4. The molecule has 0 spiro atoms. The number of nitrogens with zero attached hydrogens (tertiary/aromatic N) is 2. The normalized spacial score (nSPS) is 33.3. The molecule has 0 aromatic heterocycles. The second kappa shape index (κ2) is 18.1. The fourth-order valence-corrected chi connectivity index (χ4v) is 14.4. The van der Waals surface area contributed by atoms with Gasteiger partial charge in [-0.3, -0.25) is 19.4 Å². The second-order valence-corrected chi connectivity index (χ2v) is 20.5. The number of benzene rings is 2. The largest absolute Gasteiger partial charge is 0.427 e. The number of hydrogen-bond acceptors (Lipinski definition) is 8. The van der Waals surface area contributed by atoms with Crippen LogP contribution in [0.4, 0.5) is 0 Å². The summed E-state index contributed by atoms with van der Waals surface area (Å²) in [6.45, 7) is 6.34. The van der Waals surface area contributed by atoms with Gasteiger partial charge < -0.3 is 18.9 Å². The van der Waals surface area contributed by atoms with E-state index in [1.54, 1.807) is 0 Å². The Balaban J connectivity index is 0.649. The summed E-state index contributed by atoms with van der Waals surface area (Å²) in [7, 11) is 0. The predicted octanol–water partition coefficient (Wildman–Crippen LogP) is 9.79. The van der Waals surface area contributed by atoms with Crippen molar-refractivity contribution in [1.29, 1.82) is 0 Å². The predicted molar refractivity (Wildman–Crippen MR) is 234 cm³/mol. The van der Waals surface area contributed by atoms with E-state index in [-0.39, 0.29) is 22.8 Å². The molecule has 4 bridgehead atoms. The average Bonchev–Trinajstić information content (AvgIpc) is 3.99. The third-order valence-electron chi connectivity index (χ3n) is 17.2. The highest BCUT2D eigenvalue weighted by atomic mass is 16.5. The van der Waals surface area contributed by atoms with Crippen LogP contribution in [0.5, 0.6) is 11.5 Å². The lowest BCUT2D eigenvalue weighted by Crippen LogP contribution is -2.61. The van der Waals surface area contributed by atoms with E-state index < -0.39 is 0 Å². The van der Waals surface area contributed by atoms with E-state index in [1.165, 1.54) is 112 Å². The summed E-state index contributed by atoms with van der Waals surface area (Å²) in [5.41, 5.74) is 6.37. The van der Waals surface area contributed by atoms with Gasteiger partial charge in [0.15, 0.2) is 0 Å². The molecule has 2 aromatic carbocycles. The summed E-state index contributed by atoms with van der Waals surface area (Å²) in [6.07, 6.45) is 27.4. The minimum Gasteiger partial charge on any atom is -0.427 e. The Bertz CT molecular complexity index is 1700. The van der Waals surface area contributed by atoms with Gasteiger partial charge in [-0.05, 0) is 161 Å². The molecule has 8 atom stereocenters. The number of piperidine rings is 2. The summed E-state index contributed by atoms with van der Waals surface area (Å²) in [5.74, 6) is 2.62. The molecule has 60 heavy (non-hydrogen) atoms. The smallest absolute Gasteiger partial charge is 0.311 e. The number of carbonyl (C=O) groups excluding carboxylic acids is 2. The molecule has 4 aliphatic carbocycles. The Kier molecular flexibility index (Phi) is 12.5.